The molecule has 0 atom stereocenters. The number of halogens is 1. The van der Waals surface area contributed by atoms with E-state index in [2.05, 4.69) is 10.1 Å². The molecule has 0 aliphatic heterocycles. The summed E-state index contributed by atoms with van der Waals surface area (Å²) < 4.78 is 15.9. The first-order valence-corrected chi connectivity index (χ1v) is 9.85. The van der Waals surface area contributed by atoms with Crippen LogP contribution in [0.15, 0.2) is 46.1 Å². The second-order valence-electron chi connectivity index (χ2n) is 5.98. The van der Waals surface area contributed by atoms with E-state index >= 15 is 0 Å². The standard InChI is InChI=1S/C20H19ClN2O4S/c1-12-17(13(2)27-23-12)11-28-19-16(5-4-8-22-19)20(24)26-10-14-9-15(21)6-7-18(14)25-3/h4-9H,10-11H2,1-3H3. The van der Waals surface area contributed by atoms with Gasteiger partial charge in [0, 0.05) is 28.1 Å². The van der Waals surface area contributed by atoms with Crippen molar-refractivity contribution in [3.05, 3.63) is 69.7 Å². The molecule has 1 aromatic carbocycles. The second kappa shape index (κ2) is 9.12. The third-order valence-corrected chi connectivity index (χ3v) is 5.39. The van der Waals surface area contributed by atoms with Crippen molar-refractivity contribution in [3.8, 4) is 5.75 Å². The van der Waals surface area contributed by atoms with Crippen molar-refractivity contribution >= 4 is 29.3 Å². The van der Waals surface area contributed by atoms with Crippen LogP contribution in [0.2, 0.25) is 5.02 Å². The molecule has 0 bridgehead atoms. The molecule has 28 heavy (non-hydrogen) atoms. The van der Waals surface area contributed by atoms with Crippen LogP contribution in [0.4, 0.5) is 0 Å². The lowest BCUT2D eigenvalue weighted by molar-refractivity contribution is 0.0465. The van der Waals surface area contributed by atoms with Crippen LogP contribution >= 0.6 is 23.4 Å². The molecular formula is C20H19ClN2O4S. The van der Waals surface area contributed by atoms with Crippen LogP contribution in [0.1, 0.15) is 32.9 Å². The number of aromatic nitrogens is 2. The summed E-state index contributed by atoms with van der Waals surface area (Å²) in [5, 5.41) is 5.08. The summed E-state index contributed by atoms with van der Waals surface area (Å²) in [5.74, 6) is 1.51. The minimum absolute atomic E-state index is 0.0471. The zero-order valence-corrected chi connectivity index (χ0v) is 17.3. The Labute approximate surface area is 172 Å². The number of carbonyl (C=O) groups excluding carboxylic acids is 1. The molecular weight excluding hydrogens is 400 g/mol. The average Bonchev–Trinajstić information content (AvgIpc) is 3.02. The molecule has 6 nitrogen and oxygen atoms in total. The Morgan fingerprint density at radius 3 is 2.82 bits per heavy atom. The van der Waals surface area contributed by atoms with E-state index < -0.39 is 5.97 Å². The summed E-state index contributed by atoms with van der Waals surface area (Å²) in [4.78, 5) is 17.0. The maximum atomic E-state index is 12.6. The second-order valence-corrected chi connectivity index (χ2v) is 7.38. The summed E-state index contributed by atoms with van der Waals surface area (Å²) >= 11 is 7.46. The molecule has 2 heterocycles. The number of hydrogen-bond donors (Lipinski definition) is 0. The number of thioether (sulfide) groups is 1. The first-order valence-electron chi connectivity index (χ1n) is 8.48. The quantitative estimate of drug-likeness (QED) is 0.395. The van der Waals surface area contributed by atoms with Crippen LogP contribution in [0.3, 0.4) is 0 Å². The van der Waals surface area contributed by atoms with E-state index in [1.54, 1.807) is 43.6 Å². The van der Waals surface area contributed by atoms with E-state index in [1.807, 2.05) is 13.8 Å². The molecule has 0 unspecified atom stereocenters. The number of methoxy groups -OCH3 is 1. The summed E-state index contributed by atoms with van der Waals surface area (Å²) in [6.45, 7) is 3.80. The molecule has 0 aliphatic carbocycles. The van der Waals surface area contributed by atoms with Gasteiger partial charge in [-0.05, 0) is 44.2 Å². The Hall–Kier alpha value is -2.51. The number of pyridine rings is 1. The molecule has 3 rings (SSSR count). The van der Waals surface area contributed by atoms with Gasteiger partial charge in [-0.2, -0.15) is 0 Å². The van der Waals surface area contributed by atoms with Crippen molar-refractivity contribution in [2.45, 2.75) is 31.2 Å². The third-order valence-electron chi connectivity index (χ3n) is 4.13. The van der Waals surface area contributed by atoms with E-state index in [1.165, 1.54) is 11.8 Å². The number of rotatable bonds is 7. The van der Waals surface area contributed by atoms with Gasteiger partial charge < -0.3 is 14.0 Å². The molecule has 0 saturated carbocycles. The fourth-order valence-corrected chi connectivity index (χ4v) is 3.92. The van der Waals surface area contributed by atoms with Crippen molar-refractivity contribution in [3.63, 3.8) is 0 Å². The van der Waals surface area contributed by atoms with Crippen LogP contribution in [0.25, 0.3) is 0 Å². The van der Waals surface area contributed by atoms with E-state index in [0.717, 1.165) is 17.0 Å². The van der Waals surface area contributed by atoms with Crippen LogP contribution < -0.4 is 4.74 Å². The van der Waals surface area contributed by atoms with Crippen LogP contribution in [0, 0.1) is 13.8 Å². The number of benzene rings is 1. The predicted octanol–water partition coefficient (Wildman–Crippen LogP) is 5.00. The van der Waals surface area contributed by atoms with Crippen molar-refractivity contribution < 1.29 is 18.8 Å². The minimum Gasteiger partial charge on any atom is -0.496 e. The van der Waals surface area contributed by atoms with Crippen molar-refractivity contribution in [1.29, 1.82) is 0 Å². The van der Waals surface area contributed by atoms with E-state index in [4.69, 9.17) is 25.6 Å². The van der Waals surface area contributed by atoms with E-state index in [-0.39, 0.29) is 6.61 Å². The zero-order chi connectivity index (χ0) is 20.1. The van der Waals surface area contributed by atoms with E-state index in [0.29, 0.717) is 32.7 Å². The fourth-order valence-electron chi connectivity index (χ4n) is 2.59. The lowest BCUT2D eigenvalue weighted by Gasteiger charge is -2.11. The Kier molecular flexibility index (Phi) is 6.59. The Bertz CT molecular complexity index is 971. The van der Waals surface area contributed by atoms with E-state index in [9.17, 15) is 4.79 Å². The van der Waals surface area contributed by atoms with Gasteiger partial charge in [0.05, 0.1) is 18.4 Å². The molecule has 0 spiro atoms. The molecule has 3 aromatic rings. The molecule has 0 amide bonds. The number of aryl methyl sites for hydroxylation is 2. The lowest BCUT2D eigenvalue weighted by Crippen LogP contribution is -2.08. The van der Waals surface area contributed by atoms with Gasteiger partial charge in [0.2, 0.25) is 0 Å². The van der Waals surface area contributed by atoms with Gasteiger partial charge in [-0.15, -0.1) is 11.8 Å². The normalized spacial score (nSPS) is 10.7. The van der Waals surface area contributed by atoms with Crippen molar-refractivity contribution in [1.82, 2.24) is 10.1 Å². The van der Waals surface area contributed by atoms with Crippen molar-refractivity contribution in [2.75, 3.05) is 7.11 Å². The lowest BCUT2D eigenvalue weighted by atomic mass is 10.2. The molecule has 8 heteroatoms. The summed E-state index contributed by atoms with van der Waals surface area (Å²) in [7, 11) is 1.55. The maximum absolute atomic E-state index is 12.6. The molecule has 0 N–H and O–H groups in total. The highest BCUT2D eigenvalue weighted by Crippen LogP contribution is 2.28. The third kappa shape index (κ3) is 4.66. The molecule has 0 saturated heterocycles. The van der Waals surface area contributed by atoms with Crippen LogP contribution in [0.5, 0.6) is 5.75 Å². The molecule has 0 radical (unpaired) electrons. The zero-order valence-electron chi connectivity index (χ0n) is 15.7. The number of hydrogen-bond acceptors (Lipinski definition) is 7. The predicted molar refractivity (Wildman–Crippen MR) is 107 cm³/mol. The SMILES string of the molecule is COc1ccc(Cl)cc1COC(=O)c1cccnc1SCc1c(C)noc1C. The fraction of sp³-hybridized carbons (Fsp3) is 0.250. The van der Waals surface area contributed by atoms with Gasteiger partial charge in [0.25, 0.3) is 0 Å². The summed E-state index contributed by atoms with van der Waals surface area (Å²) in [6.07, 6.45) is 1.65. The Morgan fingerprint density at radius 2 is 2.11 bits per heavy atom. The molecule has 2 aromatic heterocycles. The van der Waals surface area contributed by atoms with Crippen LogP contribution in [-0.2, 0) is 17.1 Å². The number of nitrogens with zero attached hydrogens (tertiary/aromatic N) is 2. The smallest absolute Gasteiger partial charge is 0.341 e. The summed E-state index contributed by atoms with van der Waals surface area (Å²) in [5.41, 5.74) is 2.93. The van der Waals surface area contributed by atoms with Crippen molar-refractivity contribution in [2.24, 2.45) is 0 Å². The van der Waals surface area contributed by atoms with Gasteiger partial charge in [-0.3, -0.25) is 0 Å². The number of ether oxygens (including phenoxy) is 2. The Morgan fingerprint density at radius 1 is 1.29 bits per heavy atom. The van der Waals surface area contributed by atoms with Gasteiger partial charge in [0.1, 0.15) is 23.1 Å². The average molecular weight is 419 g/mol. The molecule has 0 aliphatic rings. The van der Waals surface area contributed by atoms with Gasteiger partial charge in [0.15, 0.2) is 0 Å². The first-order chi connectivity index (χ1) is 13.5. The monoisotopic (exact) mass is 418 g/mol. The largest absolute Gasteiger partial charge is 0.496 e. The van der Waals surface area contributed by atoms with Crippen LogP contribution in [-0.4, -0.2) is 23.2 Å². The topological polar surface area (TPSA) is 74.5 Å². The molecule has 0 fully saturated rings. The highest BCUT2D eigenvalue weighted by molar-refractivity contribution is 7.98. The minimum atomic E-state index is -0.462. The van der Waals surface area contributed by atoms with Gasteiger partial charge in [-0.25, -0.2) is 9.78 Å². The number of carbonyl (C=O) groups is 1. The highest BCUT2D eigenvalue weighted by atomic mass is 35.5. The summed E-state index contributed by atoms with van der Waals surface area (Å²) in [6, 6.07) is 8.57. The number of esters is 1. The maximum Gasteiger partial charge on any atom is 0.341 e. The molecule has 146 valence electrons. The first kappa shape index (κ1) is 20.2. The van der Waals surface area contributed by atoms with Gasteiger partial charge >= 0.3 is 5.97 Å². The Balaban J connectivity index is 1.72. The highest BCUT2D eigenvalue weighted by Gasteiger charge is 2.17. The van der Waals surface area contributed by atoms with Gasteiger partial charge in [-0.1, -0.05) is 16.8 Å².